The van der Waals surface area contributed by atoms with E-state index in [1.807, 2.05) is 44.2 Å². The van der Waals surface area contributed by atoms with Crippen LogP contribution in [0.25, 0.3) is 5.65 Å². The Labute approximate surface area is 189 Å². The molecule has 0 N–H and O–H groups in total. The van der Waals surface area contributed by atoms with Gasteiger partial charge in [0.05, 0.1) is 17.7 Å². The van der Waals surface area contributed by atoms with E-state index in [0.29, 0.717) is 52.8 Å². The van der Waals surface area contributed by atoms with Crippen LogP contribution in [0.2, 0.25) is 0 Å². The van der Waals surface area contributed by atoms with Gasteiger partial charge >= 0.3 is 0 Å². The van der Waals surface area contributed by atoms with E-state index < -0.39 is 5.92 Å². The molecule has 8 nitrogen and oxygen atoms in total. The van der Waals surface area contributed by atoms with Gasteiger partial charge in [-0.15, -0.1) is 5.10 Å². The number of aromatic nitrogens is 4. The first kappa shape index (κ1) is 19.7. The quantitative estimate of drug-likeness (QED) is 0.461. The number of benzene rings is 1. The van der Waals surface area contributed by atoms with Crippen LogP contribution in [-0.2, 0) is 11.4 Å². The molecular weight excluding hydrogens is 420 g/mol. The van der Waals surface area contributed by atoms with E-state index in [1.54, 1.807) is 17.1 Å². The van der Waals surface area contributed by atoms with Crippen LogP contribution >= 0.6 is 0 Å². The number of carbonyl (C=O) groups is 1. The van der Waals surface area contributed by atoms with Gasteiger partial charge in [0, 0.05) is 18.4 Å². The number of nitrogens with zero attached hydrogens (tertiary/aromatic N) is 4. The van der Waals surface area contributed by atoms with Crippen molar-refractivity contribution in [3.05, 3.63) is 82.5 Å². The molecule has 6 rings (SSSR count). The number of ketones is 1. The maximum absolute atomic E-state index is 12.9. The SMILES string of the molecule is Cc1cccc(C)c1OCc1nc2c3c(ncn2n1)OC1=C(C(=O)CCC1)C3c1ccco1. The number of hydrogen-bond acceptors (Lipinski definition) is 7. The number of hydrogen-bond donors (Lipinski definition) is 0. The van der Waals surface area contributed by atoms with Crippen LogP contribution < -0.4 is 9.47 Å². The van der Waals surface area contributed by atoms with E-state index in [0.717, 1.165) is 23.3 Å². The van der Waals surface area contributed by atoms with Crippen LogP contribution in [0.3, 0.4) is 0 Å². The molecule has 166 valence electrons. The van der Waals surface area contributed by atoms with Crippen molar-refractivity contribution in [2.45, 2.75) is 45.6 Å². The Bertz CT molecular complexity index is 1400. The maximum Gasteiger partial charge on any atom is 0.228 e. The fraction of sp³-hybridized carbons (Fsp3) is 0.280. The van der Waals surface area contributed by atoms with Crippen LogP contribution in [0.15, 0.2) is 58.7 Å². The second-order valence-electron chi connectivity index (χ2n) is 8.43. The predicted molar refractivity (Wildman–Crippen MR) is 118 cm³/mol. The number of ether oxygens (including phenoxy) is 2. The highest BCUT2D eigenvalue weighted by molar-refractivity contribution is 5.99. The highest BCUT2D eigenvalue weighted by Crippen LogP contribution is 2.47. The summed E-state index contributed by atoms with van der Waals surface area (Å²) in [4.78, 5) is 22.2. The second kappa shape index (κ2) is 7.58. The molecule has 0 saturated heterocycles. The molecule has 2 aliphatic rings. The van der Waals surface area contributed by atoms with Crippen molar-refractivity contribution in [1.29, 1.82) is 0 Å². The fourth-order valence-electron chi connectivity index (χ4n) is 4.73. The third-order valence-corrected chi connectivity index (χ3v) is 6.22. The number of furan rings is 1. The molecule has 3 aromatic heterocycles. The largest absolute Gasteiger partial charge is 0.485 e. The number of allylic oxidation sites excluding steroid dienone is 2. The topological polar surface area (TPSA) is 91.8 Å². The van der Waals surface area contributed by atoms with Crippen molar-refractivity contribution in [1.82, 2.24) is 19.6 Å². The molecule has 1 unspecified atom stereocenters. The molecule has 1 aliphatic carbocycles. The van der Waals surface area contributed by atoms with E-state index in [2.05, 4.69) is 10.1 Å². The molecule has 4 heterocycles. The van der Waals surface area contributed by atoms with Crippen LogP contribution in [0.5, 0.6) is 11.6 Å². The van der Waals surface area contributed by atoms with Gasteiger partial charge in [0.2, 0.25) is 5.88 Å². The molecule has 0 amide bonds. The van der Waals surface area contributed by atoms with E-state index in [9.17, 15) is 4.79 Å². The lowest BCUT2D eigenvalue weighted by molar-refractivity contribution is -0.116. The Morgan fingerprint density at radius 2 is 2.00 bits per heavy atom. The monoisotopic (exact) mass is 442 g/mol. The minimum absolute atomic E-state index is 0.0726. The normalized spacial score (nSPS) is 17.6. The Morgan fingerprint density at radius 1 is 1.15 bits per heavy atom. The standard InChI is InChI=1S/C25H22N4O4/c1-14-6-3-7-15(2)23(14)32-12-19-27-24-22-21(17-10-5-11-31-17)20-16(30)8-4-9-18(20)33-25(22)26-13-29(24)28-19/h3,5-7,10-11,13,21H,4,8-9,12H2,1-2H3. The first-order valence-electron chi connectivity index (χ1n) is 11.0. The lowest BCUT2D eigenvalue weighted by atomic mass is 9.80. The molecule has 33 heavy (non-hydrogen) atoms. The lowest BCUT2D eigenvalue weighted by Crippen LogP contribution is -2.26. The summed E-state index contributed by atoms with van der Waals surface area (Å²) in [5.41, 5.74) is 4.01. The third kappa shape index (κ3) is 3.21. The zero-order valence-corrected chi connectivity index (χ0v) is 18.4. The number of fused-ring (bicyclic) bond motifs is 3. The molecule has 8 heteroatoms. The second-order valence-corrected chi connectivity index (χ2v) is 8.43. The first-order chi connectivity index (χ1) is 16.1. The predicted octanol–water partition coefficient (Wildman–Crippen LogP) is 4.44. The van der Waals surface area contributed by atoms with Crippen LogP contribution in [-0.4, -0.2) is 25.4 Å². The van der Waals surface area contributed by atoms with Gasteiger partial charge in [-0.2, -0.15) is 0 Å². The van der Waals surface area contributed by atoms with Crippen molar-refractivity contribution in [3.63, 3.8) is 0 Å². The number of para-hydroxylation sites is 1. The zero-order valence-electron chi connectivity index (χ0n) is 18.4. The number of carbonyl (C=O) groups excluding carboxylic acids is 1. The molecule has 0 saturated carbocycles. The minimum atomic E-state index is -0.431. The van der Waals surface area contributed by atoms with Gasteiger partial charge in [0.15, 0.2) is 17.3 Å². The summed E-state index contributed by atoms with van der Waals surface area (Å²) in [6.45, 7) is 4.23. The summed E-state index contributed by atoms with van der Waals surface area (Å²) in [7, 11) is 0. The number of Topliss-reactive ketones (excluding diaryl/α,β-unsaturated/α-hetero) is 1. The van der Waals surface area contributed by atoms with Gasteiger partial charge < -0.3 is 13.9 Å². The first-order valence-corrected chi connectivity index (χ1v) is 11.0. The molecular formula is C25H22N4O4. The Morgan fingerprint density at radius 3 is 2.79 bits per heavy atom. The van der Waals surface area contributed by atoms with Gasteiger partial charge in [-0.25, -0.2) is 14.5 Å². The third-order valence-electron chi connectivity index (χ3n) is 6.22. The summed E-state index contributed by atoms with van der Waals surface area (Å²) in [5, 5.41) is 4.56. The van der Waals surface area contributed by atoms with Crippen molar-refractivity contribution in [3.8, 4) is 11.6 Å². The van der Waals surface area contributed by atoms with Gasteiger partial charge in [0.1, 0.15) is 30.2 Å². The van der Waals surface area contributed by atoms with E-state index >= 15 is 0 Å². The molecule has 1 atom stereocenters. The molecule has 0 radical (unpaired) electrons. The van der Waals surface area contributed by atoms with Crippen molar-refractivity contribution in [2.75, 3.05) is 0 Å². The van der Waals surface area contributed by atoms with Gasteiger partial charge in [-0.1, -0.05) is 18.2 Å². The summed E-state index contributed by atoms with van der Waals surface area (Å²) >= 11 is 0. The molecule has 1 aliphatic heterocycles. The average molecular weight is 442 g/mol. The van der Waals surface area contributed by atoms with E-state index in [-0.39, 0.29) is 12.4 Å². The lowest BCUT2D eigenvalue weighted by Gasteiger charge is -2.30. The Balaban J connectivity index is 1.44. The molecule has 4 aromatic rings. The van der Waals surface area contributed by atoms with Crippen LogP contribution in [0.1, 0.15) is 53.5 Å². The molecule has 0 spiro atoms. The Hall–Kier alpha value is -3.94. The zero-order chi connectivity index (χ0) is 22.5. The van der Waals surface area contributed by atoms with Gasteiger partial charge in [-0.05, 0) is 43.5 Å². The molecule has 0 bridgehead atoms. The van der Waals surface area contributed by atoms with E-state index in [1.165, 1.54) is 0 Å². The van der Waals surface area contributed by atoms with Gasteiger partial charge in [-0.3, -0.25) is 4.79 Å². The fourth-order valence-corrected chi connectivity index (χ4v) is 4.73. The van der Waals surface area contributed by atoms with Crippen molar-refractivity contribution < 1.29 is 18.7 Å². The van der Waals surface area contributed by atoms with Crippen molar-refractivity contribution in [2.24, 2.45) is 0 Å². The van der Waals surface area contributed by atoms with Gasteiger partial charge in [0.25, 0.3) is 0 Å². The van der Waals surface area contributed by atoms with Crippen molar-refractivity contribution >= 4 is 11.4 Å². The highest BCUT2D eigenvalue weighted by Gasteiger charge is 2.40. The molecule has 0 fully saturated rings. The summed E-state index contributed by atoms with van der Waals surface area (Å²) in [6.07, 6.45) is 5.15. The number of aryl methyl sites for hydroxylation is 2. The van der Waals surface area contributed by atoms with Crippen LogP contribution in [0, 0.1) is 13.8 Å². The summed E-state index contributed by atoms with van der Waals surface area (Å²) < 4.78 is 19.5. The molecule has 1 aromatic carbocycles. The Kier molecular flexibility index (Phi) is 4.53. The van der Waals surface area contributed by atoms with Crippen LogP contribution in [0.4, 0.5) is 0 Å². The average Bonchev–Trinajstić information content (AvgIpc) is 3.47. The minimum Gasteiger partial charge on any atom is -0.485 e. The summed E-state index contributed by atoms with van der Waals surface area (Å²) in [6, 6.07) is 9.72. The number of rotatable bonds is 4. The summed E-state index contributed by atoms with van der Waals surface area (Å²) in [5.74, 6) is 2.76. The van der Waals surface area contributed by atoms with E-state index in [4.69, 9.17) is 18.9 Å². The highest BCUT2D eigenvalue weighted by atomic mass is 16.5. The maximum atomic E-state index is 12.9. The smallest absolute Gasteiger partial charge is 0.228 e.